The molecule has 0 amide bonds. The Bertz CT molecular complexity index is 967. The van der Waals surface area contributed by atoms with E-state index < -0.39 is 26.5 Å². The summed E-state index contributed by atoms with van der Waals surface area (Å²) in [5.74, 6) is -1.08. The third-order valence-electron chi connectivity index (χ3n) is 4.61. The molecule has 1 saturated carbocycles. The molecule has 140 valence electrons. The highest BCUT2D eigenvalue weighted by molar-refractivity contribution is 7.90. The van der Waals surface area contributed by atoms with E-state index in [1.807, 2.05) is 0 Å². The lowest BCUT2D eigenvalue weighted by Gasteiger charge is -2.45. The molecule has 0 aromatic carbocycles. The van der Waals surface area contributed by atoms with Crippen LogP contribution in [0, 0.1) is 18.7 Å². The first-order valence-corrected chi connectivity index (χ1v) is 10.1. The van der Waals surface area contributed by atoms with Crippen molar-refractivity contribution < 1.29 is 17.2 Å². The van der Waals surface area contributed by atoms with Gasteiger partial charge >= 0.3 is 0 Å². The molecule has 1 aliphatic heterocycles. The van der Waals surface area contributed by atoms with Crippen molar-refractivity contribution in [2.75, 3.05) is 29.6 Å². The van der Waals surface area contributed by atoms with E-state index in [4.69, 9.17) is 0 Å². The van der Waals surface area contributed by atoms with Gasteiger partial charge in [0.05, 0.1) is 13.1 Å². The molecule has 2 N–H and O–H groups in total. The van der Waals surface area contributed by atoms with Crippen molar-refractivity contribution >= 4 is 27.3 Å². The van der Waals surface area contributed by atoms with Crippen molar-refractivity contribution in [3.63, 3.8) is 0 Å². The monoisotopic (exact) mass is 384 g/mol. The predicted molar refractivity (Wildman–Crippen MR) is 90.5 cm³/mol. The molecule has 26 heavy (non-hydrogen) atoms. The van der Waals surface area contributed by atoms with Gasteiger partial charge in [-0.2, -0.15) is 19.5 Å². The number of aromatic amines is 1. The highest BCUT2D eigenvalue weighted by Crippen LogP contribution is 2.48. The summed E-state index contributed by atoms with van der Waals surface area (Å²) in [4.78, 5) is 9.02. The zero-order valence-electron chi connectivity index (χ0n) is 14.3. The summed E-state index contributed by atoms with van der Waals surface area (Å²) in [5.41, 5.74) is -0.616. The summed E-state index contributed by atoms with van der Waals surface area (Å²) in [6, 6.07) is 1.62. The lowest BCUT2D eigenvalue weighted by atomic mass is 9.91. The summed E-state index contributed by atoms with van der Waals surface area (Å²) in [7, 11) is -3.78. The van der Waals surface area contributed by atoms with Crippen molar-refractivity contribution in [1.82, 2.24) is 20.2 Å². The van der Waals surface area contributed by atoms with Gasteiger partial charge in [-0.1, -0.05) is 0 Å². The van der Waals surface area contributed by atoms with Crippen LogP contribution in [0.2, 0.25) is 0 Å². The summed E-state index contributed by atoms with van der Waals surface area (Å²) in [6.07, 6.45) is 2.60. The number of halogens is 2. The Hall–Kier alpha value is -2.30. The van der Waals surface area contributed by atoms with Crippen molar-refractivity contribution in [1.29, 1.82) is 0 Å². The van der Waals surface area contributed by atoms with Gasteiger partial charge in [0.15, 0.2) is 17.5 Å². The Morgan fingerprint density at radius 2 is 2.04 bits per heavy atom. The predicted octanol–water partition coefficient (Wildman–Crippen LogP) is 1.73. The fraction of sp³-hybridized carbons (Fsp3) is 0.533. The molecule has 0 bridgehead atoms. The first-order chi connectivity index (χ1) is 12.2. The molecule has 2 aromatic heterocycles. The van der Waals surface area contributed by atoms with Crippen LogP contribution in [0.5, 0.6) is 0 Å². The molecular weight excluding hydrogens is 366 g/mol. The summed E-state index contributed by atoms with van der Waals surface area (Å²) in [5, 5.41) is 8.74. The molecule has 3 heterocycles. The molecular formula is C15H18F2N6O2S. The van der Waals surface area contributed by atoms with E-state index in [1.165, 1.54) is 4.90 Å². The number of anilines is 3. The van der Waals surface area contributed by atoms with Crippen molar-refractivity contribution in [3.05, 3.63) is 17.6 Å². The molecule has 1 aliphatic carbocycles. The van der Waals surface area contributed by atoms with Crippen LogP contribution in [-0.2, 0) is 9.84 Å². The van der Waals surface area contributed by atoms with Crippen molar-refractivity contribution in [3.8, 4) is 0 Å². The quantitative estimate of drug-likeness (QED) is 0.757. The molecule has 4 rings (SSSR count). The lowest BCUT2D eigenvalue weighted by molar-refractivity contribution is 0.0917. The number of hydrogen-bond donors (Lipinski definition) is 2. The van der Waals surface area contributed by atoms with Gasteiger partial charge in [0, 0.05) is 18.0 Å². The molecule has 11 heteroatoms. The Balaban J connectivity index is 1.69. The Morgan fingerprint density at radius 1 is 1.35 bits per heavy atom. The van der Waals surface area contributed by atoms with E-state index in [0.29, 0.717) is 0 Å². The van der Waals surface area contributed by atoms with Crippen molar-refractivity contribution in [2.24, 2.45) is 5.92 Å². The molecule has 2 fully saturated rings. The zero-order valence-corrected chi connectivity index (χ0v) is 15.1. The van der Waals surface area contributed by atoms with E-state index in [-0.39, 0.29) is 36.5 Å². The second-order valence-electron chi connectivity index (χ2n) is 6.99. The van der Waals surface area contributed by atoms with Gasteiger partial charge in [-0.25, -0.2) is 12.8 Å². The van der Waals surface area contributed by atoms with Gasteiger partial charge in [-0.05, 0) is 25.7 Å². The number of alkyl halides is 1. The maximum absolute atomic E-state index is 14.9. The minimum absolute atomic E-state index is 0.00246. The highest BCUT2D eigenvalue weighted by Gasteiger charge is 2.55. The summed E-state index contributed by atoms with van der Waals surface area (Å²) >= 11 is 0. The van der Waals surface area contributed by atoms with Crippen LogP contribution in [0.3, 0.4) is 0 Å². The molecule has 2 aromatic rings. The van der Waals surface area contributed by atoms with E-state index in [9.17, 15) is 17.2 Å². The third kappa shape index (κ3) is 3.00. The molecule has 0 atom stereocenters. The number of rotatable bonds is 5. The van der Waals surface area contributed by atoms with E-state index in [2.05, 4.69) is 25.5 Å². The average molecular weight is 384 g/mol. The Labute approximate surface area is 148 Å². The second-order valence-corrected chi connectivity index (χ2v) is 8.90. The maximum Gasteiger partial charge on any atom is 0.250 e. The number of nitrogens with one attached hydrogen (secondary N) is 2. The first kappa shape index (κ1) is 17.1. The molecule has 8 nitrogen and oxygen atoms in total. The highest BCUT2D eigenvalue weighted by atomic mass is 32.2. The minimum Gasteiger partial charge on any atom is -0.347 e. The Kier molecular flexibility index (Phi) is 3.69. The van der Waals surface area contributed by atoms with Crippen LogP contribution in [0.15, 0.2) is 11.2 Å². The van der Waals surface area contributed by atoms with Crippen LogP contribution in [0.25, 0.3) is 0 Å². The normalized spacial score (nSPS) is 19.3. The van der Waals surface area contributed by atoms with E-state index >= 15 is 0 Å². The number of sulfone groups is 1. The average Bonchev–Trinajstić information content (AvgIpc) is 3.29. The molecule has 0 spiro atoms. The molecule has 0 unspecified atom stereocenters. The van der Waals surface area contributed by atoms with Crippen molar-refractivity contribution in [2.45, 2.75) is 30.6 Å². The van der Waals surface area contributed by atoms with Gasteiger partial charge in [-0.3, -0.25) is 5.10 Å². The smallest absolute Gasteiger partial charge is 0.250 e. The standard InChI is InChI=1S/C15H18F2N6O2S/c1-8-5-10(22-21-8)18-12-11(16)13(20-14(19-12)26(2,24)25)23-6-15(17,7-23)9-3-4-9/h5,9H,3-4,6-7H2,1-2H3,(H2,18,19,20,21,22). The van der Waals surface area contributed by atoms with Gasteiger partial charge in [0.25, 0.3) is 5.16 Å². The number of nitrogens with zero attached hydrogens (tertiary/aromatic N) is 4. The largest absolute Gasteiger partial charge is 0.347 e. The first-order valence-electron chi connectivity index (χ1n) is 8.16. The third-order valence-corrected chi connectivity index (χ3v) is 5.46. The fourth-order valence-corrected chi connectivity index (χ4v) is 3.58. The number of hydrogen-bond acceptors (Lipinski definition) is 7. The topological polar surface area (TPSA) is 104 Å². The van der Waals surface area contributed by atoms with Crippen LogP contribution < -0.4 is 10.2 Å². The van der Waals surface area contributed by atoms with E-state index in [1.54, 1.807) is 13.0 Å². The van der Waals surface area contributed by atoms with Gasteiger partial charge < -0.3 is 10.2 Å². The van der Waals surface area contributed by atoms with E-state index in [0.717, 1.165) is 24.8 Å². The van der Waals surface area contributed by atoms with Gasteiger partial charge in [0.1, 0.15) is 5.67 Å². The second kappa shape index (κ2) is 5.60. The maximum atomic E-state index is 14.9. The summed E-state index contributed by atoms with van der Waals surface area (Å²) in [6.45, 7) is 1.76. The molecule has 0 radical (unpaired) electrons. The van der Waals surface area contributed by atoms with Crippen LogP contribution in [-0.4, -0.2) is 53.6 Å². The van der Waals surface area contributed by atoms with Crippen LogP contribution in [0.4, 0.5) is 26.2 Å². The van der Waals surface area contributed by atoms with Crippen LogP contribution in [0.1, 0.15) is 18.5 Å². The van der Waals surface area contributed by atoms with Crippen LogP contribution >= 0.6 is 0 Å². The molecule has 1 saturated heterocycles. The number of aryl methyl sites for hydroxylation is 1. The summed E-state index contributed by atoms with van der Waals surface area (Å²) < 4.78 is 53.3. The number of aromatic nitrogens is 4. The lowest BCUT2D eigenvalue weighted by Crippen LogP contribution is -2.61. The SMILES string of the molecule is Cc1cc(Nc2nc(S(C)(=O)=O)nc(N3CC(F)(C4CC4)C3)c2F)n[nH]1. The number of H-pyrrole nitrogens is 1. The Morgan fingerprint density at radius 3 is 2.58 bits per heavy atom. The van der Waals surface area contributed by atoms with Gasteiger partial charge in [0.2, 0.25) is 15.7 Å². The fourth-order valence-electron chi connectivity index (χ4n) is 3.07. The zero-order chi connectivity index (χ0) is 18.7. The molecule has 2 aliphatic rings. The minimum atomic E-state index is -3.78. The van der Waals surface area contributed by atoms with Gasteiger partial charge in [-0.15, -0.1) is 0 Å².